The summed E-state index contributed by atoms with van der Waals surface area (Å²) >= 11 is 0. The van der Waals surface area contributed by atoms with Gasteiger partial charge in [-0.3, -0.25) is 0 Å². The zero-order valence-electron chi connectivity index (χ0n) is 3.64. The summed E-state index contributed by atoms with van der Waals surface area (Å²) in [6.45, 7) is 0. The molecule has 7 heteroatoms. The molecule has 0 atom stereocenters. The van der Waals surface area contributed by atoms with Crippen molar-refractivity contribution >= 4 is 13.3 Å². The molecule has 0 bridgehead atoms. The van der Waals surface area contributed by atoms with E-state index in [0.717, 1.165) is 0 Å². The molecule has 48 valence electrons. The van der Waals surface area contributed by atoms with Crippen molar-refractivity contribution in [2.75, 3.05) is 0 Å². The molecular formula is CH4NO5P. The molecule has 0 aliphatic heterocycles. The van der Waals surface area contributed by atoms with Crippen LogP contribution in [0.1, 0.15) is 0 Å². The second kappa shape index (κ2) is 2.23. The third kappa shape index (κ3) is 2.04. The lowest BCUT2D eigenvalue weighted by atomic mass is 11.6. The van der Waals surface area contributed by atoms with E-state index in [1.807, 2.05) is 0 Å². The van der Waals surface area contributed by atoms with Crippen molar-refractivity contribution in [2.45, 2.75) is 0 Å². The van der Waals surface area contributed by atoms with E-state index in [2.05, 4.69) is 10.7 Å². The number of hydrogen-bond acceptors (Lipinski definition) is 4. The maximum absolute atomic E-state index is 9.72. The molecule has 0 heterocycles. The van der Waals surface area contributed by atoms with Crippen LogP contribution in [-0.4, -0.2) is 15.5 Å². The second-order valence-corrected chi connectivity index (χ2v) is 2.38. The molecule has 0 fully saturated rings. The third-order valence-corrected chi connectivity index (χ3v) is 0.920. The Kier molecular flexibility index (Phi) is 2.12. The molecule has 0 aromatic carbocycles. The van der Waals surface area contributed by atoms with Crippen molar-refractivity contribution in [3.8, 4) is 0 Å². The molecule has 0 spiro atoms. The van der Waals surface area contributed by atoms with Crippen LogP contribution in [0.2, 0.25) is 0 Å². The molecule has 8 heavy (non-hydrogen) atoms. The minimum atomic E-state index is -4.74. The first-order chi connectivity index (χ1) is 3.48. The fourth-order valence-electron chi connectivity index (χ4n) is 0.0687. The van der Waals surface area contributed by atoms with Gasteiger partial charge >= 0.3 is 13.3 Å². The maximum atomic E-state index is 9.72. The van der Waals surface area contributed by atoms with Gasteiger partial charge in [-0.05, 0) is 0 Å². The smallest absolute Gasteiger partial charge is 0.364 e. The first-order valence-corrected chi connectivity index (χ1v) is 3.06. The van der Waals surface area contributed by atoms with Gasteiger partial charge in [0.2, 0.25) is 0 Å². The van der Waals surface area contributed by atoms with Crippen LogP contribution in [0, 0.1) is 0 Å². The first-order valence-electron chi connectivity index (χ1n) is 1.45. The van der Waals surface area contributed by atoms with Crippen LogP contribution in [0.15, 0.2) is 0 Å². The van der Waals surface area contributed by atoms with Crippen molar-refractivity contribution in [2.24, 2.45) is 5.90 Å². The van der Waals surface area contributed by atoms with Gasteiger partial charge in [0, 0.05) is 0 Å². The Morgan fingerprint density at radius 2 is 2.00 bits per heavy atom. The highest BCUT2D eigenvalue weighted by Crippen LogP contribution is 2.35. The van der Waals surface area contributed by atoms with E-state index in [4.69, 9.17) is 9.79 Å². The van der Waals surface area contributed by atoms with E-state index in [-0.39, 0.29) is 0 Å². The average Bonchev–Trinajstić information content (AvgIpc) is 1.62. The quantitative estimate of drug-likeness (QED) is 0.325. The first kappa shape index (κ1) is 7.58. The Balaban J connectivity index is 4.04. The van der Waals surface area contributed by atoms with Crippen molar-refractivity contribution < 1.29 is 24.0 Å². The van der Waals surface area contributed by atoms with E-state index in [1.165, 1.54) is 0 Å². The van der Waals surface area contributed by atoms with E-state index in [9.17, 15) is 9.36 Å². The summed E-state index contributed by atoms with van der Waals surface area (Å²) in [6.07, 6.45) is 0. The lowest BCUT2D eigenvalue weighted by Crippen LogP contribution is -2.07. The van der Waals surface area contributed by atoms with Crippen molar-refractivity contribution in [1.29, 1.82) is 0 Å². The van der Waals surface area contributed by atoms with Crippen LogP contribution in [0.4, 0.5) is 4.79 Å². The van der Waals surface area contributed by atoms with Crippen LogP contribution >= 0.6 is 7.60 Å². The highest BCUT2D eigenvalue weighted by Gasteiger charge is 2.27. The summed E-state index contributed by atoms with van der Waals surface area (Å²) < 4.78 is 9.70. The topological polar surface area (TPSA) is 110 Å². The molecule has 6 nitrogen and oxygen atoms in total. The van der Waals surface area contributed by atoms with Crippen molar-refractivity contribution in [1.82, 2.24) is 0 Å². The fourth-order valence-corrected chi connectivity index (χ4v) is 0.206. The van der Waals surface area contributed by atoms with E-state index in [1.54, 1.807) is 0 Å². The third-order valence-electron chi connectivity index (χ3n) is 0.339. The second-order valence-electron chi connectivity index (χ2n) is 0.928. The lowest BCUT2D eigenvalue weighted by molar-refractivity contribution is 0.165. The van der Waals surface area contributed by atoms with Gasteiger partial charge in [0.05, 0.1) is 0 Å². The number of carbonyl (C=O) groups excluding carboxylic acids is 1. The molecule has 0 rings (SSSR count). The Bertz CT molecular complexity index is 135. The zero-order chi connectivity index (χ0) is 6.78. The summed E-state index contributed by atoms with van der Waals surface area (Å²) in [6, 6.07) is 0. The molecule has 0 aromatic rings. The summed E-state index contributed by atoms with van der Waals surface area (Å²) in [5.74, 6) is 4.12. The Hall–Kier alpha value is -0.420. The fraction of sp³-hybridized carbons (Fsp3) is 0. The molecule has 0 radical (unpaired) electrons. The Labute approximate surface area is 44.4 Å². The molecule has 0 unspecified atom stereocenters. The van der Waals surface area contributed by atoms with Gasteiger partial charge in [0.1, 0.15) is 0 Å². The number of rotatable bonds is 1. The van der Waals surface area contributed by atoms with Gasteiger partial charge in [-0.1, -0.05) is 0 Å². The van der Waals surface area contributed by atoms with E-state index < -0.39 is 13.3 Å². The van der Waals surface area contributed by atoms with E-state index >= 15 is 0 Å². The highest BCUT2D eigenvalue weighted by molar-refractivity contribution is 7.69. The lowest BCUT2D eigenvalue weighted by Gasteiger charge is -1.96. The van der Waals surface area contributed by atoms with Crippen LogP contribution in [0.5, 0.6) is 0 Å². The minimum Gasteiger partial charge on any atom is -0.364 e. The monoisotopic (exact) mass is 141 g/mol. The van der Waals surface area contributed by atoms with Gasteiger partial charge in [0.15, 0.2) is 0 Å². The maximum Gasteiger partial charge on any atom is 0.438 e. The summed E-state index contributed by atoms with van der Waals surface area (Å²) in [7, 11) is -4.74. The van der Waals surface area contributed by atoms with Crippen molar-refractivity contribution in [3.63, 3.8) is 0 Å². The predicted octanol–water partition coefficient (Wildman–Crippen LogP) is -0.826. The molecule has 0 amide bonds. The summed E-state index contributed by atoms with van der Waals surface area (Å²) in [5, 5.41) is 0. The van der Waals surface area contributed by atoms with Gasteiger partial charge in [-0.2, -0.15) is 5.90 Å². The van der Waals surface area contributed by atoms with Gasteiger partial charge in [0.25, 0.3) is 0 Å². The Morgan fingerprint density at radius 1 is 1.62 bits per heavy atom. The number of nitrogens with two attached hydrogens (primary N) is 1. The molecule has 0 saturated carbocycles. The van der Waals surface area contributed by atoms with Crippen LogP contribution < -0.4 is 5.90 Å². The SMILES string of the molecule is NOC(=O)P(=O)(O)O. The average molecular weight is 141 g/mol. The normalized spacial score (nSPS) is 10.9. The molecule has 0 saturated heterocycles. The molecule has 0 aliphatic rings. The van der Waals surface area contributed by atoms with Crippen LogP contribution in [-0.2, 0) is 9.40 Å². The number of hydrogen-bond donors (Lipinski definition) is 3. The zero-order valence-corrected chi connectivity index (χ0v) is 4.54. The Morgan fingerprint density at radius 3 is 2.00 bits per heavy atom. The van der Waals surface area contributed by atoms with Gasteiger partial charge in [-0.15, -0.1) is 0 Å². The number of carbonyl (C=O) groups is 1. The largest absolute Gasteiger partial charge is 0.438 e. The highest BCUT2D eigenvalue weighted by atomic mass is 31.2. The molecule has 0 aromatic heterocycles. The van der Waals surface area contributed by atoms with Gasteiger partial charge < -0.3 is 14.6 Å². The van der Waals surface area contributed by atoms with Crippen molar-refractivity contribution in [3.05, 3.63) is 0 Å². The molecule has 0 aliphatic carbocycles. The van der Waals surface area contributed by atoms with Crippen LogP contribution in [0.3, 0.4) is 0 Å². The molecular weight excluding hydrogens is 137 g/mol. The van der Waals surface area contributed by atoms with E-state index in [0.29, 0.717) is 0 Å². The summed E-state index contributed by atoms with van der Waals surface area (Å²) in [4.78, 5) is 28.6. The standard InChI is InChI=1S/CH4NO5P/c2-7-1(3)8(4,5)6/h2H2,(H2,4,5,6). The summed E-state index contributed by atoms with van der Waals surface area (Å²) in [5.41, 5.74) is -1.72. The van der Waals surface area contributed by atoms with Crippen LogP contribution in [0.25, 0.3) is 0 Å². The van der Waals surface area contributed by atoms with Gasteiger partial charge in [-0.25, -0.2) is 9.36 Å². The minimum absolute atomic E-state index is 1.72. The molecule has 4 N–H and O–H groups in total. The predicted molar refractivity (Wildman–Crippen MR) is 22.7 cm³/mol.